The summed E-state index contributed by atoms with van der Waals surface area (Å²) in [5, 5.41) is 23.1. The lowest BCUT2D eigenvalue weighted by Gasteiger charge is -2.19. The van der Waals surface area contributed by atoms with Gasteiger partial charge in [0.25, 0.3) is 0 Å². The molecule has 6 heteroatoms. The maximum Gasteiger partial charge on any atom is 0.305 e. The number of amides is 1. The minimum absolute atomic E-state index is 0.00882. The van der Waals surface area contributed by atoms with Gasteiger partial charge in [0.05, 0.1) is 25.4 Å². The van der Waals surface area contributed by atoms with E-state index in [0.717, 1.165) is 70.6 Å². The molecule has 0 radical (unpaired) electrons. The Morgan fingerprint density at radius 3 is 1.07 bits per heavy atom. The number of hydrogen-bond donors (Lipinski definition) is 3. The van der Waals surface area contributed by atoms with Crippen molar-refractivity contribution in [2.45, 2.75) is 341 Å². The normalized spacial score (nSPS) is 12.7. The molecular formula is C61H117NO5. The second kappa shape index (κ2) is 56.9. The summed E-state index contributed by atoms with van der Waals surface area (Å²) in [4.78, 5) is 24.6. The van der Waals surface area contributed by atoms with Gasteiger partial charge < -0.3 is 20.3 Å². The SMILES string of the molecule is CCCCCCCCCCCCCCCCCC/C=C/C(O)C(CO)NC(=O)CCCCC/C=C\CCCCCCCCOC(=O)CCCCCCCCCCCCCCCCCCCCC. The Balaban J connectivity index is 3.49. The zero-order valence-corrected chi connectivity index (χ0v) is 45.1. The largest absolute Gasteiger partial charge is 0.466 e. The molecule has 0 saturated carbocycles. The van der Waals surface area contributed by atoms with Crippen LogP contribution in [0.2, 0.25) is 0 Å². The predicted molar refractivity (Wildman–Crippen MR) is 292 cm³/mol. The van der Waals surface area contributed by atoms with Crippen LogP contribution in [0.5, 0.6) is 0 Å². The lowest BCUT2D eigenvalue weighted by atomic mass is 10.0. The van der Waals surface area contributed by atoms with Crippen LogP contribution in [-0.4, -0.2) is 47.4 Å². The molecule has 0 spiro atoms. The third kappa shape index (κ3) is 53.5. The van der Waals surface area contributed by atoms with Crippen LogP contribution in [0.15, 0.2) is 24.3 Å². The average Bonchev–Trinajstić information content (AvgIpc) is 3.33. The van der Waals surface area contributed by atoms with Crippen LogP contribution in [0, 0.1) is 0 Å². The molecule has 2 unspecified atom stereocenters. The molecule has 0 saturated heterocycles. The summed E-state index contributed by atoms with van der Waals surface area (Å²) < 4.78 is 5.48. The van der Waals surface area contributed by atoms with E-state index in [9.17, 15) is 19.8 Å². The first-order valence-electron chi connectivity index (χ1n) is 30.1. The minimum Gasteiger partial charge on any atom is -0.466 e. The summed E-state index contributed by atoms with van der Waals surface area (Å²) >= 11 is 0. The van der Waals surface area contributed by atoms with Gasteiger partial charge in [-0.3, -0.25) is 9.59 Å². The number of nitrogens with one attached hydrogen (secondary N) is 1. The molecule has 0 aromatic carbocycles. The maximum atomic E-state index is 12.5. The standard InChI is InChI=1S/C61H117NO5/c1-3-5-7-9-11-13-15-17-19-21-23-25-27-31-35-39-43-47-51-55-61(66)67-56-52-48-44-40-36-32-28-30-34-38-42-46-50-54-60(65)62-58(57-63)59(64)53-49-45-41-37-33-29-26-24-22-20-18-16-14-12-10-8-6-4-2/h30,34,49,53,58-59,63-64H,3-29,31-33,35-48,50-52,54-57H2,1-2H3,(H,62,65)/b34-30-,53-49+. The molecular weight excluding hydrogens is 827 g/mol. The molecule has 396 valence electrons. The van der Waals surface area contributed by atoms with Gasteiger partial charge in [0.2, 0.25) is 5.91 Å². The molecule has 0 aliphatic carbocycles. The van der Waals surface area contributed by atoms with Gasteiger partial charge in [-0.2, -0.15) is 0 Å². The zero-order valence-electron chi connectivity index (χ0n) is 45.1. The van der Waals surface area contributed by atoms with Gasteiger partial charge >= 0.3 is 5.97 Å². The van der Waals surface area contributed by atoms with Gasteiger partial charge in [-0.1, -0.05) is 282 Å². The Hall–Kier alpha value is -1.66. The first kappa shape index (κ1) is 65.3. The van der Waals surface area contributed by atoms with Crippen molar-refractivity contribution < 1.29 is 24.5 Å². The van der Waals surface area contributed by atoms with Crippen molar-refractivity contribution in [1.82, 2.24) is 5.32 Å². The fourth-order valence-corrected chi connectivity index (χ4v) is 9.34. The van der Waals surface area contributed by atoms with Crippen molar-refractivity contribution in [1.29, 1.82) is 0 Å². The van der Waals surface area contributed by atoms with E-state index in [1.54, 1.807) is 6.08 Å². The van der Waals surface area contributed by atoms with Gasteiger partial charge in [-0.25, -0.2) is 0 Å². The molecule has 0 aromatic heterocycles. The molecule has 2 atom stereocenters. The Kier molecular flexibility index (Phi) is 55.5. The van der Waals surface area contributed by atoms with Crippen molar-refractivity contribution in [2.75, 3.05) is 13.2 Å². The molecule has 6 nitrogen and oxygen atoms in total. The maximum absolute atomic E-state index is 12.5. The minimum atomic E-state index is -0.862. The zero-order chi connectivity index (χ0) is 48.6. The van der Waals surface area contributed by atoms with E-state index in [0.29, 0.717) is 19.4 Å². The summed E-state index contributed by atoms with van der Waals surface area (Å²) in [5.41, 5.74) is 0. The molecule has 0 fully saturated rings. The highest BCUT2D eigenvalue weighted by atomic mass is 16.5. The fourth-order valence-electron chi connectivity index (χ4n) is 9.34. The van der Waals surface area contributed by atoms with E-state index in [4.69, 9.17) is 4.74 Å². The number of aliphatic hydroxyl groups is 2. The highest BCUT2D eigenvalue weighted by Crippen LogP contribution is 2.17. The number of unbranched alkanes of at least 4 members (excludes halogenated alkanes) is 43. The topological polar surface area (TPSA) is 95.9 Å². The number of esters is 1. The number of hydrogen-bond acceptors (Lipinski definition) is 5. The predicted octanol–water partition coefficient (Wildman–Crippen LogP) is 18.6. The molecule has 3 N–H and O–H groups in total. The molecule has 0 bridgehead atoms. The van der Waals surface area contributed by atoms with Gasteiger partial charge in [-0.15, -0.1) is 0 Å². The second-order valence-electron chi connectivity index (χ2n) is 20.7. The number of ether oxygens (including phenoxy) is 1. The second-order valence-corrected chi connectivity index (χ2v) is 20.7. The Morgan fingerprint density at radius 1 is 0.403 bits per heavy atom. The number of allylic oxidation sites excluding steroid dienone is 3. The Morgan fingerprint density at radius 2 is 0.701 bits per heavy atom. The highest BCUT2D eigenvalue weighted by Gasteiger charge is 2.18. The average molecular weight is 945 g/mol. The molecule has 67 heavy (non-hydrogen) atoms. The van der Waals surface area contributed by atoms with Crippen LogP contribution >= 0.6 is 0 Å². The lowest BCUT2D eigenvalue weighted by Crippen LogP contribution is -2.45. The lowest BCUT2D eigenvalue weighted by molar-refractivity contribution is -0.143. The van der Waals surface area contributed by atoms with E-state index in [2.05, 4.69) is 31.3 Å². The van der Waals surface area contributed by atoms with Crippen LogP contribution in [0.3, 0.4) is 0 Å². The van der Waals surface area contributed by atoms with E-state index in [-0.39, 0.29) is 18.5 Å². The number of carbonyl (C=O) groups excluding carboxylic acids is 2. The van der Waals surface area contributed by atoms with Crippen molar-refractivity contribution in [3.8, 4) is 0 Å². The molecule has 0 aromatic rings. The van der Waals surface area contributed by atoms with Crippen molar-refractivity contribution >= 4 is 11.9 Å². The van der Waals surface area contributed by atoms with Crippen LogP contribution in [0.4, 0.5) is 0 Å². The monoisotopic (exact) mass is 944 g/mol. The van der Waals surface area contributed by atoms with Crippen LogP contribution < -0.4 is 5.32 Å². The molecule has 0 aliphatic rings. The van der Waals surface area contributed by atoms with E-state index in [1.165, 1.54) is 231 Å². The smallest absolute Gasteiger partial charge is 0.305 e. The van der Waals surface area contributed by atoms with Crippen LogP contribution in [-0.2, 0) is 14.3 Å². The fraction of sp³-hybridized carbons (Fsp3) is 0.902. The van der Waals surface area contributed by atoms with Crippen molar-refractivity contribution in [3.05, 3.63) is 24.3 Å². The van der Waals surface area contributed by atoms with Crippen molar-refractivity contribution in [3.63, 3.8) is 0 Å². The first-order chi connectivity index (χ1) is 33.0. The van der Waals surface area contributed by atoms with Gasteiger partial charge in [0, 0.05) is 12.8 Å². The van der Waals surface area contributed by atoms with Crippen molar-refractivity contribution in [2.24, 2.45) is 0 Å². The third-order valence-electron chi connectivity index (χ3n) is 14.0. The van der Waals surface area contributed by atoms with E-state index < -0.39 is 12.1 Å². The summed E-state index contributed by atoms with van der Waals surface area (Å²) in [5.74, 6) is -0.104. The Bertz CT molecular complexity index is 1040. The number of carbonyl (C=O) groups is 2. The highest BCUT2D eigenvalue weighted by molar-refractivity contribution is 5.76. The number of rotatable bonds is 56. The molecule has 1 amide bonds. The quantitative estimate of drug-likeness (QED) is 0.0321. The summed E-state index contributed by atoms with van der Waals surface area (Å²) in [7, 11) is 0. The van der Waals surface area contributed by atoms with Gasteiger partial charge in [0.15, 0.2) is 0 Å². The summed E-state index contributed by atoms with van der Waals surface area (Å²) in [6, 6.07) is -0.648. The first-order valence-corrected chi connectivity index (χ1v) is 30.1. The van der Waals surface area contributed by atoms with Gasteiger partial charge in [-0.05, 0) is 57.8 Å². The molecule has 0 heterocycles. The van der Waals surface area contributed by atoms with Crippen LogP contribution in [0.25, 0.3) is 0 Å². The molecule has 0 aliphatic heterocycles. The summed E-state index contributed by atoms with van der Waals surface area (Å²) in [6.45, 7) is 4.89. The summed E-state index contributed by atoms with van der Waals surface area (Å²) in [6.07, 6.45) is 69.2. The van der Waals surface area contributed by atoms with Crippen LogP contribution in [0.1, 0.15) is 328 Å². The number of aliphatic hydroxyl groups excluding tert-OH is 2. The third-order valence-corrected chi connectivity index (χ3v) is 14.0. The Labute approximate surface area is 418 Å². The molecule has 0 rings (SSSR count). The van der Waals surface area contributed by atoms with E-state index in [1.807, 2.05) is 6.08 Å². The van der Waals surface area contributed by atoms with Gasteiger partial charge in [0.1, 0.15) is 0 Å². The van der Waals surface area contributed by atoms with E-state index >= 15 is 0 Å².